The number of benzene rings is 2. The maximum absolute atomic E-state index is 12.3. The first-order valence-electron chi connectivity index (χ1n) is 7.83. The van der Waals surface area contributed by atoms with Gasteiger partial charge in [-0.1, -0.05) is 23.4 Å². The standard InChI is InChI=1S/C18H12ClN3O4S/c1-25-17(24)9-2-4-11-12(6-9)20-15(22-16(11)23)8-27-18-21-13-7-10(19)3-5-14(13)26-18/h2-7H,8H2,1H3,(H,20,22,23). The lowest BCUT2D eigenvalue weighted by Crippen LogP contribution is -2.12. The molecule has 2 aromatic carbocycles. The highest BCUT2D eigenvalue weighted by Gasteiger charge is 2.12. The lowest BCUT2D eigenvalue weighted by Gasteiger charge is -2.04. The smallest absolute Gasteiger partial charge is 0.337 e. The largest absolute Gasteiger partial charge is 0.465 e. The van der Waals surface area contributed by atoms with Crippen LogP contribution in [0.4, 0.5) is 0 Å². The second kappa shape index (κ2) is 7.05. The molecule has 0 unspecified atom stereocenters. The third-order valence-corrected chi connectivity index (χ3v) is 4.91. The van der Waals surface area contributed by atoms with Crippen LogP contribution in [-0.2, 0) is 10.5 Å². The van der Waals surface area contributed by atoms with Gasteiger partial charge in [0.2, 0.25) is 0 Å². The maximum atomic E-state index is 12.3. The first kappa shape index (κ1) is 17.6. The Morgan fingerprint density at radius 1 is 1.22 bits per heavy atom. The Balaban J connectivity index is 1.62. The Hall–Kier alpha value is -2.84. The maximum Gasteiger partial charge on any atom is 0.337 e. The summed E-state index contributed by atoms with van der Waals surface area (Å²) in [5, 5.41) is 1.42. The molecule has 27 heavy (non-hydrogen) atoms. The van der Waals surface area contributed by atoms with E-state index in [0.29, 0.717) is 49.4 Å². The molecule has 0 bridgehead atoms. The molecule has 0 radical (unpaired) electrons. The Kier molecular flexibility index (Phi) is 4.59. The first-order valence-corrected chi connectivity index (χ1v) is 9.20. The van der Waals surface area contributed by atoms with E-state index in [9.17, 15) is 9.59 Å². The van der Waals surface area contributed by atoms with Crippen molar-refractivity contribution in [2.24, 2.45) is 0 Å². The molecule has 0 spiro atoms. The van der Waals surface area contributed by atoms with E-state index >= 15 is 0 Å². The highest BCUT2D eigenvalue weighted by Crippen LogP contribution is 2.27. The molecule has 0 aliphatic rings. The van der Waals surface area contributed by atoms with Gasteiger partial charge in [-0.25, -0.2) is 14.8 Å². The van der Waals surface area contributed by atoms with Crippen LogP contribution in [-0.4, -0.2) is 28.0 Å². The number of esters is 1. The van der Waals surface area contributed by atoms with Gasteiger partial charge in [0, 0.05) is 5.02 Å². The summed E-state index contributed by atoms with van der Waals surface area (Å²) in [4.78, 5) is 35.4. The molecular formula is C18H12ClN3O4S. The zero-order valence-corrected chi connectivity index (χ0v) is 15.6. The van der Waals surface area contributed by atoms with Crippen LogP contribution in [0.2, 0.25) is 5.02 Å². The van der Waals surface area contributed by atoms with Crippen molar-refractivity contribution in [1.29, 1.82) is 0 Å². The molecule has 0 atom stereocenters. The second-order valence-corrected chi connectivity index (χ2v) is 6.98. The first-order chi connectivity index (χ1) is 13.0. The molecule has 0 aliphatic heterocycles. The lowest BCUT2D eigenvalue weighted by molar-refractivity contribution is 0.0601. The van der Waals surface area contributed by atoms with Crippen LogP contribution in [0.5, 0.6) is 0 Å². The molecule has 4 aromatic rings. The van der Waals surface area contributed by atoms with Gasteiger partial charge in [0.05, 0.1) is 29.3 Å². The van der Waals surface area contributed by atoms with Gasteiger partial charge in [-0.05, 0) is 36.4 Å². The molecule has 0 fully saturated rings. The number of carbonyl (C=O) groups excluding carboxylic acids is 1. The second-order valence-electron chi connectivity index (χ2n) is 5.62. The minimum Gasteiger partial charge on any atom is -0.465 e. The predicted molar refractivity (Wildman–Crippen MR) is 102 cm³/mol. The van der Waals surface area contributed by atoms with Gasteiger partial charge >= 0.3 is 5.97 Å². The van der Waals surface area contributed by atoms with Crippen LogP contribution in [0.3, 0.4) is 0 Å². The summed E-state index contributed by atoms with van der Waals surface area (Å²) < 4.78 is 10.3. The van der Waals surface area contributed by atoms with E-state index in [1.165, 1.54) is 31.0 Å². The average molecular weight is 402 g/mol. The molecule has 2 aromatic heterocycles. The summed E-state index contributed by atoms with van der Waals surface area (Å²) in [6, 6.07) is 9.81. The number of aromatic amines is 1. The average Bonchev–Trinajstić information content (AvgIpc) is 3.07. The Bertz CT molecular complexity index is 1230. The number of ether oxygens (including phenoxy) is 1. The minimum atomic E-state index is -0.486. The van der Waals surface area contributed by atoms with Gasteiger partial charge in [-0.2, -0.15) is 0 Å². The number of fused-ring (bicyclic) bond motifs is 2. The van der Waals surface area contributed by atoms with E-state index in [0.717, 1.165) is 0 Å². The molecule has 2 heterocycles. The normalized spacial score (nSPS) is 11.2. The van der Waals surface area contributed by atoms with Crippen molar-refractivity contribution in [2.45, 2.75) is 11.0 Å². The number of aromatic nitrogens is 3. The Morgan fingerprint density at radius 3 is 2.89 bits per heavy atom. The summed E-state index contributed by atoms with van der Waals surface area (Å²) in [7, 11) is 1.30. The zero-order chi connectivity index (χ0) is 19.0. The predicted octanol–water partition coefficient (Wildman–Crippen LogP) is 3.80. The summed E-state index contributed by atoms with van der Waals surface area (Å²) >= 11 is 7.24. The van der Waals surface area contributed by atoms with Crippen molar-refractivity contribution in [1.82, 2.24) is 15.0 Å². The van der Waals surface area contributed by atoms with E-state index in [1.807, 2.05) is 0 Å². The number of oxazole rings is 1. The molecule has 0 amide bonds. The minimum absolute atomic E-state index is 0.281. The van der Waals surface area contributed by atoms with Gasteiger partial charge < -0.3 is 14.1 Å². The third kappa shape index (κ3) is 3.54. The van der Waals surface area contributed by atoms with Crippen molar-refractivity contribution >= 4 is 51.3 Å². The fourth-order valence-electron chi connectivity index (χ4n) is 2.57. The number of carbonyl (C=O) groups is 1. The van der Waals surface area contributed by atoms with E-state index < -0.39 is 5.97 Å². The number of hydrogen-bond acceptors (Lipinski definition) is 7. The van der Waals surface area contributed by atoms with Crippen LogP contribution < -0.4 is 5.56 Å². The Morgan fingerprint density at radius 2 is 2.07 bits per heavy atom. The molecule has 0 saturated heterocycles. The number of rotatable bonds is 4. The zero-order valence-electron chi connectivity index (χ0n) is 14.0. The monoisotopic (exact) mass is 401 g/mol. The highest BCUT2D eigenvalue weighted by atomic mass is 35.5. The molecule has 1 N–H and O–H groups in total. The fourth-order valence-corrected chi connectivity index (χ4v) is 3.45. The molecule has 4 rings (SSSR count). The summed E-state index contributed by atoms with van der Waals surface area (Å²) in [6.45, 7) is 0. The molecular weight excluding hydrogens is 390 g/mol. The quantitative estimate of drug-likeness (QED) is 0.410. The molecule has 9 heteroatoms. The van der Waals surface area contributed by atoms with E-state index in [2.05, 4.69) is 15.0 Å². The summed E-state index contributed by atoms with van der Waals surface area (Å²) in [6.07, 6.45) is 0. The van der Waals surface area contributed by atoms with Gasteiger partial charge in [-0.15, -0.1) is 0 Å². The number of halogens is 1. The number of H-pyrrole nitrogens is 1. The topological polar surface area (TPSA) is 98.1 Å². The molecule has 0 saturated carbocycles. The van der Waals surface area contributed by atoms with Crippen molar-refractivity contribution in [3.63, 3.8) is 0 Å². The Labute approximate surface area is 161 Å². The van der Waals surface area contributed by atoms with Gasteiger partial charge in [0.1, 0.15) is 11.3 Å². The fraction of sp³-hybridized carbons (Fsp3) is 0.111. The van der Waals surface area contributed by atoms with Crippen molar-refractivity contribution in [2.75, 3.05) is 7.11 Å². The lowest BCUT2D eigenvalue weighted by atomic mass is 10.1. The van der Waals surface area contributed by atoms with Gasteiger partial charge in [0.15, 0.2) is 5.58 Å². The van der Waals surface area contributed by atoms with E-state index in [4.69, 9.17) is 20.8 Å². The number of nitrogens with one attached hydrogen (secondary N) is 1. The van der Waals surface area contributed by atoms with E-state index in [-0.39, 0.29) is 5.56 Å². The number of nitrogens with zero attached hydrogens (tertiary/aromatic N) is 2. The highest BCUT2D eigenvalue weighted by molar-refractivity contribution is 7.98. The summed E-state index contributed by atoms with van der Waals surface area (Å²) in [5.41, 5.74) is 1.76. The van der Waals surface area contributed by atoms with Crippen LogP contribution in [0.15, 0.2) is 50.8 Å². The SMILES string of the molecule is COC(=O)c1ccc2c(=O)[nH]c(CSc3nc4cc(Cl)ccc4o3)nc2c1. The van der Waals surface area contributed by atoms with Crippen molar-refractivity contribution in [3.05, 3.63) is 63.2 Å². The van der Waals surface area contributed by atoms with Crippen LogP contribution in [0, 0.1) is 0 Å². The number of methoxy groups -OCH3 is 1. The molecule has 136 valence electrons. The molecule has 0 aliphatic carbocycles. The van der Waals surface area contributed by atoms with Crippen molar-refractivity contribution in [3.8, 4) is 0 Å². The van der Waals surface area contributed by atoms with Crippen LogP contribution in [0.1, 0.15) is 16.2 Å². The number of thioether (sulfide) groups is 1. The summed E-state index contributed by atoms with van der Waals surface area (Å²) in [5.74, 6) is 0.300. The number of hydrogen-bond donors (Lipinski definition) is 1. The van der Waals surface area contributed by atoms with E-state index in [1.54, 1.807) is 24.3 Å². The van der Waals surface area contributed by atoms with Crippen LogP contribution >= 0.6 is 23.4 Å². The molecule has 7 nitrogen and oxygen atoms in total. The van der Waals surface area contributed by atoms with Crippen molar-refractivity contribution < 1.29 is 13.9 Å². The van der Waals surface area contributed by atoms with Gasteiger partial charge in [-0.3, -0.25) is 4.79 Å². The van der Waals surface area contributed by atoms with Crippen LogP contribution in [0.25, 0.3) is 22.0 Å². The van der Waals surface area contributed by atoms with Gasteiger partial charge in [0.25, 0.3) is 10.8 Å². The third-order valence-electron chi connectivity index (χ3n) is 3.84.